The number of amides is 1. The average Bonchev–Trinajstić information content (AvgIpc) is 2.50. The summed E-state index contributed by atoms with van der Waals surface area (Å²) in [6.07, 6.45) is 1.10. The normalized spacial score (nSPS) is 12.5. The molecule has 0 aliphatic heterocycles. The highest BCUT2D eigenvalue weighted by atomic mass is 32.2. The molecule has 1 unspecified atom stereocenters. The minimum absolute atomic E-state index is 0.124. The molecule has 0 fully saturated rings. The van der Waals surface area contributed by atoms with Crippen LogP contribution in [0, 0.1) is 20.8 Å². The number of aryl methyl sites for hydroxylation is 3. The first-order valence-corrected chi connectivity index (χ1v) is 9.92. The third-order valence-corrected chi connectivity index (χ3v) is 4.62. The molecule has 0 radical (unpaired) electrons. The first-order valence-electron chi connectivity index (χ1n) is 8.03. The van der Waals surface area contributed by atoms with E-state index in [-0.39, 0.29) is 11.9 Å². The fourth-order valence-electron chi connectivity index (χ4n) is 2.70. The maximum absolute atomic E-state index is 12.5. The van der Waals surface area contributed by atoms with Gasteiger partial charge >= 0.3 is 0 Å². The zero-order valence-electron chi connectivity index (χ0n) is 15.2. The van der Waals surface area contributed by atoms with Gasteiger partial charge in [-0.2, -0.15) is 0 Å². The molecule has 1 atom stereocenters. The Hall–Kier alpha value is -2.34. The molecule has 25 heavy (non-hydrogen) atoms. The van der Waals surface area contributed by atoms with Gasteiger partial charge in [-0.3, -0.25) is 9.52 Å². The molecule has 0 aromatic heterocycles. The number of anilines is 1. The Labute approximate surface area is 149 Å². The molecule has 134 valence electrons. The zero-order chi connectivity index (χ0) is 18.8. The van der Waals surface area contributed by atoms with E-state index in [9.17, 15) is 13.2 Å². The molecule has 2 N–H and O–H groups in total. The van der Waals surface area contributed by atoms with Crippen LogP contribution in [0.15, 0.2) is 36.4 Å². The van der Waals surface area contributed by atoms with Crippen LogP contribution in [0.25, 0.3) is 0 Å². The summed E-state index contributed by atoms with van der Waals surface area (Å²) in [6.45, 7) is 7.76. The van der Waals surface area contributed by atoms with Crippen LogP contribution in [0.4, 0.5) is 5.69 Å². The first-order chi connectivity index (χ1) is 11.6. The topological polar surface area (TPSA) is 75.3 Å². The van der Waals surface area contributed by atoms with Crippen molar-refractivity contribution in [3.05, 3.63) is 64.2 Å². The Kier molecular flexibility index (Phi) is 5.52. The number of rotatable bonds is 5. The van der Waals surface area contributed by atoms with Gasteiger partial charge in [0.15, 0.2) is 0 Å². The second kappa shape index (κ2) is 7.27. The standard InChI is InChI=1S/C19H24N2O3S/c1-12-6-7-13(2)17(10-12)15(4)20-19(22)16-8-9-18(14(3)11-16)21-25(5,23)24/h6-11,15,21H,1-5H3,(H,20,22). The number of carbonyl (C=O) groups is 1. The van der Waals surface area contributed by atoms with E-state index in [0.717, 1.165) is 22.9 Å². The average molecular weight is 360 g/mol. The number of benzene rings is 2. The smallest absolute Gasteiger partial charge is 0.251 e. The third kappa shape index (κ3) is 5.06. The molecule has 2 aromatic carbocycles. The number of nitrogens with one attached hydrogen (secondary N) is 2. The highest BCUT2D eigenvalue weighted by molar-refractivity contribution is 7.92. The van der Waals surface area contributed by atoms with Gasteiger partial charge in [-0.25, -0.2) is 8.42 Å². The highest BCUT2D eigenvalue weighted by Gasteiger charge is 2.15. The van der Waals surface area contributed by atoms with Crippen LogP contribution in [-0.2, 0) is 10.0 Å². The van der Waals surface area contributed by atoms with Crippen molar-refractivity contribution >= 4 is 21.6 Å². The van der Waals surface area contributed by atoms with E-state index in [1.165, 1.54) is 0 Å². The molecule has 2 aromatic rings. The van der Waals surface area contributed by atoms with E-state index in [2.05, 4.69) is 16.1 Å². The molecule has 6 heteroatoms. The summed E-state index contributed by atoms with van der Waals surface area (Å²) in [7, 11) is -3.35. The lowest BCUT2D eigenvalue weighted by Gasteiger charge is -2.18. The van der Waals surface area contributed by atoms with Crippen molar-refractivity contribution in [2.45, 2.75) is 33.7 Å². The van der Waals surface area contributed by atoms with Crippen molar-refractivity contribution in [2.24, 2.45) is 0 Å². The maximum atomic E-state index is 12.5. The van der Waals surface area contributed by atoms with Gasteiger partial charge in [0.25, 0.3) is 5.91 Å². The van der Waals surface area contributed by atoms with Crippen LogP contribution in [0.5, 0.6) is 0 Å². The molecule has 5 nitrogen and oxygen atoms in total. The van der Waals surface area contributed by atoms with Gasteiger partial charge in [-0.15, -0.1) is 0 Å². The summed E-state index contributed by atoms with van der Waals surface area (Å²) in [5.41, 5.74) is 5.02. The van der Waals surface area contributed by atoms with Crippen LogP contribution >= 0.6 is 0 Å². The summed E-state index contributed by atoms with van der Waals surface area (Å²) < 4.78 is 25.1. The predicted molar refractivity (Wildman–Crippen MR) is 101 cm³/mol. The number of hydrogen-bond acceptors (Lipinski definition) is 3. The van der Waals surface area contributed by atoms with Crippen molar-refractivity contribution in [3.63, 3.8) is 0 Å². The Balaban J connectivity index is 2.18. The third-order valence-electron chi connectivity index (χ3n) is 4.03. The van der Waals surface area contributed by atoms with Crippen LogP contribution < -0.4 is 10.0 Å². The van der Waals surface area contributed by atoms with Crippen LogP contribution in [0.3, 0.4) is 0 Å². The van der Waals surface area contributed by atoms with Crippen LogP contribution in [0.2, 0.25) is 0 Å². The lowest BCUT2D eigenvalue weighted by molar-refractivity contribution is 0.0939. The molecule has 0 saturated heterocycles. The second-order valence-electron chi connectivity index (χ2n) is 6.46. The number of carbonyl (C=O) groups excluding carboxylic acids is 1. The van der Waals surface area contributed by atoms with Crippen molar-refractivity contribution < 1.29 is 13.2 Å². The molecule has 0 aliphatic carbocycles. The zero-order valence-corrected chi connectivity index (χ0v) is 16.0. The molecule has 0 spiro atoms. The van der Waals surface area contributed by atoms with Gasteiger partial charge in [0.05, 0.1) is 18.0 Å². The summed E-state index contributed by atoms with van der Waals surface area (Å²) in [5.74, 6) is -0.192. The number of sulfonamides is 1. The van der Waals surface area contributed by atoms with Crippen LogP contribution in [-0.4, -0.2) is 20.6 Å². The van der Waals surface area contributed by atoms with E-state index in [1.807, 2.05) is 32.9 Å². The molecular formula is C19H24N2O3S. The van der Waals surface area contributed by atoms with Crippen molar-refractivity contribution in [3.8, 4) is 0 Å². The minimum Gasteiger partial charge on any atom is -0.346 e. The van der Waals surface area contributed by atoms with Gasteiger partial charge in [-0.05, 0) is 62.6 Å². The van der Waals surface area contributed by atoms with Gasteiger partial charge in [-0.1, -0.05) is 23.8 Å². The SMILES string of the molecule is Cc1ccc(C)c(C(C)NC(=O)c2ccc(NS(C)(=O)=O)c(C)c2)c1. The van der Waals surface area contributed by atoms with E-state index in [1.54, 1.807) is 25.1 Å². The highest BCUT2D eigenvalue weighted by Crippen LogP contribution is 2.21. The van der Waals surface area contributed by atoms with Crippen molar-refractivity contribution in [2.75, 3.05) is 11.0 Å². The molecule has 2 rings (SSSR count). The fraction of sp³-hybridized carbons (Fsp3) is 0.316. The Morgan fingerprint density at radius 1 is 1.00 bits per heavy atom. The van der Waals surface area contributed by atoms with E-state index >= 15 is 0 Å². The second-order valence-corrected chi connectivity index (χ2v) is 8.21. The molecule has 0 bridgehead atoms. The van der Waals surface area contributed by atoms with Gasteiger partial charge < -0.3 is 5.32 Å². The summed E-state index contributed by atoms with van der Waals surface area (Å²) in [6, 6.07) is 10.9. The maximum Gasteiger partial charge on any atom is 0.251 e. The monoisotopic (exact) mass is 360 g/mol. The summed E-state index contributed by atoms with van der Waals surface area (Å²) >= 11 is 0. The van der Waals surface area contributed by atoms with E-state index in [4.69, 9.17) is 0 Å². The Morgan fingerprint density at radius 2 is 1.68 bits per heavy atom. The van der Waals surface area contributed by atoms with E-state index < -0.39 is 10.0 Å². The van der Waals surface area contributed by atoms with Gasteiger partial charge in [0.2, 0.25) is 10.0 Å². The lowest BCUT2D eigenvalue weighted by Crippen LogP contribution is -2.27. The molecule has 1 amide bonds. The largest absolute Gasteiger partial charge is 0.346 e. The van der Waals surface area contributed by atoms with Crippen LogP contribution in [0.1, 0.15) is 45.6 Å². The summed E-state index contributed by atoms with van der Waals surface area (Å²) in [5, 5.41) is 3.00. The molecule has 0 heterocycles. The van der Waals surface area contributed by atoms with Gasteiger partial charge in [0.1, 0.15) is 0 Å². The number of hydrogen-bond donors (Lipinski definition) is 2. The lowest BCUT2D eigenvalue weighted by atomic mass is 9.99. The molecular weight excluding hydrogens is 336 g/mol. The summed E-state index contributed by atoms with van der Waals surface area (Å²) in [4.78, 5) is 12.5. The minimum atomic E-state index is -3.35. The fourth-order valence-corrected chi connectivity index (χ4v) is 3.33. The van der Waals surface area contributed by atoms with E-state index in [0.29, 0.717) is 16.8 Å². The van der Waals surface area contributed by atoms with Gasteiger partial charge in [0, 0.05) is 5.56 Å². The first kappa shape index (κ1) is 19.0. The van der Waals surface area contributed by atoms with Crippen molar-refractivity contribution in [1.82, 2.24) is 5.32 Å². The predicted octanol–water partition coefficient (Wildman–Crippen LogP) is 3.47. The Morgan fingerprint density at radius 3 is 2.28 bits per heavy atom. The molecule has 0 saturated carbocycles. The quantitative estimate of drug-likeness (QED) is 0.857. The Bertz CT molecular complexity index is 905. The van der Waals surface area contributed by atoms with Crippen molar-refractivity contribution in [1.29, 1.82) is 0 Å². The molecule has 0 aliphatic rings.